The number of carbonyl (C=O) groups excluding carboxylic acids is 3. The van der Waals surface area contributed by atoms with Crippen LogP contribution >= 0.6 is 11.6 Å². The zero-order valence-electron chi connectivity index (χ0n) is 14.9. The van der Waals surface area contributed by atoms with Crippen molar-refractivity contribution in [3.63, 3.8) is 0 Å². The quantitative estimate of drug-likeness (QED) is 0.687. The number of hydrogen-bond acceptors (Lipinski definition) is 4. The normalized spacial score (nSPS) is 12.0. The Hall–Kier alpha value is -2.12. The number of likely N-dealkylation sites (N-methyl/N-ethyl adjacent to an activating group) is 1. The van der Waals surface area contributed by atoms with Crippen molar-refractivity contribution in [1.29, 1.82) is 0 Å². The number of halogens is 1. The number of nitrogens with one attached hydrogen (secondary N) is 3. The van der Waals surface area contributed by atoms with E-state index in [0.717, 1.165) is 0 Å². The van der Waals surface area contributed by atoms with Crippen LogP contribution in [0.2, 0.25) is 5.02 Å². The summed E-state index contributed by atoms with van der Waals surface area (Å²) in [5.41, 5.74) is 0.580. The Bertz CT molecular complexity index is 622. The Kier molecular flexibility index (Phi) is 8.37. The van der Waals surface area contributed by atoms with Crippen LogP contribution in [-0.4, -0.2) is 48.9 Å². The zero-order chi connectivity index (χ0) is 19.0. The lowest BCUT2D eigenvalue weighted by Gasteiger charge is -2.23. The van der Waals surface area contributed by atoms with Crippen LogP contribution in [-0.2, 0) is 9.59 Å². The van der Waals surface area contributed by atoms with E-state index in [0.29, 0.717) is 17.3 Å². The molecule has 0 bridgehead atoms. The van der Waals surface area contributed by atoms with Gasteiger partial charge in [-0.25, -0.2) is 4.79 Å². The molecule has 0 fully saturated rings. The monoisotopic (exact) mass is 368 g/mol. The van der Waals surface area contributed by atoms with Crippen molar-refractivity contribution >= 4 is 35.1 Å². The summed E-state index contributed by atoms with van der Waals surface area (Å²) >= 11 is 5.87. The minimum absolute atomic E-state index is 0.00524. The standard InChI is InChI=1S/C17H25ClN4O3/c1-11(2)9-19-17(25)21-16(24)12(3)22(4)10-15(23)20-14-7-5-6-13(18)8-14/h5-8,11-12H,9-10H2,1-4H3,(H,20,23)(H2,19,21,24,25). The lowest BCUT2D eigenvalue weighted by molar-refractivity contribution is -0.125. The van der Waals surface area contributed by atoms with Gasteiger partial charge >= 0.3 is 6.03 Å². The van der Waals surface area contributed by atoms with Crippen molar-refractivity contribution < 1.29 is 14.4 Å². The number of amides is 4. The van der Waals surface area contributed by atoms with Gasteiger partial charge in [0.25, 0.3) is 0 Å². The molecular weight excluding hydrogens is 344 g/mol. The highest BCUT2D eigenvalue weighted by atomic mass is 35.5. The first-order valence-corrected chi connectivity index (χ1v) is 8.41. The molecular formula is C17H25ClN4O3. The van der Waals surface area contributed by atoms with E-state index in [-0.39, 0.29) is 18.4 Å². The molecule has 1 aromatic carbocycles. The van der Waals surface area contributed by atoms with E-state index in [4.69, 9.17) is 11.6 Å². The summed E-state index contributed by atoms with van der Waals surface area (Å²) in [5.74, 6) is -0.468. The maximum atomic E-state index is 12.1. The molecule has 1 unspecified atom stereocenters. The summed E-state index contributed by atoms with van der Waals surface area (Å²) in [6, 6.07) is 5.61. The molecule has 25 heavy (non-hydrogen) atoms. The molecule has 0 aliphatic rings. The second kappa shape index (κ2) is 10.0. The fourth-order valence-corrected chi connectivity index (χ4v) is 2.08. The van der Waals surface area contributed by atoms with Gasteiger partial charge in [-0.05, 0) is 38.1 Å². The van der Waals surface area contributed by atoms with E-state index < -0.39 is 18.0 Å². The van der Waals surface area contributed by atoms with Crippen molar-refractivity contribution in [2.45, 2.75) is 26.8 Å². The van der Waals surface area contributed by atoms with Crippen LogP contribution in [0, 0.1) is 5.92 Å². The van der Waals surface area contributed by atoms with E-state index in [1.165, 1.54) is 0 Å². The van der Waals surface area contributed by atoms with Crippen molar-refractivity contribution in [1.82, 2.24) is 15.5 Å². The van der Waals surface area contributed by atoms with E-state index in [1.807, 2.05) is 13.8 Å². The second-order valence-electron chi connectivity index (χ2n) is 6.24. The Morgan fingerprint density at radius 2 is 1.88 bits per heavy atom. The summed E-state index contributed by atoms with van der Waals surface area (Å²) in [6.07, 6.45) is 0. The maximum Gasteiger partial charge on any atom is 0.321 e. The predicted octanol–water partition coefficient (Wildman–Crippen LogP) is 2.08. The van der Waals surface area contributed by atoms with Gasteiger partial charge in [0.2, 0.25) is 11.8 Å². The van der Waals surface area contributed by atoms with Gasteiger partial charge < -0.3 is 10.6 Å². The molecule has 3 N–H and O–H groups in total. The third-order valence-electron chi connectivity index (χ3n) is 3.45. The van der Waals surface area contributed by atoms with E-state index in [9.17, 15) is 14.4 Å². The predicted molar refractivity (Wildman–Crippen MR) is 98.6 cm³/mol. The lowest BCUT2D eigenvalue weighted by Crippen LogP contribution is -2.50. The SMILES string of the molecule is CC(C)CNC(=O)NC(=O)C(C)N(C)CC(=O)Nc1cccc(Cl)c1. The summed E-state index contributed by atoms with van der Waals surface area (Å²) < 4.78 is 0. The number of benzene rings is 1. The largest absolute Gasteiger partial charge is 0.338 e. The molecule has 1 rings (SSSR count). The van der Waals surface area contributed by atoms with Gasteiger partial charge in [-0.15, -0.1) is 0 Å². The Balaban J connectivity index is 2.46. The molecule has 0 heterocycles. The van der Waals surface area contributed by atoms with Gasteiger partial charge in [0.1, 0.15) is 0 Å². The first kappa shape index (κ1) is 20.9. The third-order valence-corrected chi connectivity index (χ3v) is 3.68. The molecule has 0 aromatic heterocycles. The number of anilines is 1. The lowest BCUT2D eigenvalue weighted by atomic mass is 10.2. The number of rotatable bonds is 7. The number of nitrogens with zero attached hydrogens (tertiary/aromatic N) is 1. The fraction of sp³-hybridized carbons (Fsp3) is 0.471. The molecule has 0 aliphatic heterocycles. The number of carbonyl (C=O) groups is 3. The number of hydrogen-bond donors (Lipinski definition) is 3. The Morgan fingerprint density at radius 1 is 1.20 bits per heavy atom. The first-order valence-electron chi connectivity index (χ1n) is 8.03. The average molecular weight is 369 g/mol. The third kappa shape index (κ3) is 8.00. The van der Waals surface area contributed by atoms with Crippen LogP contribution in [0.4, 0.5) is 10.5 Å². The van der Waals surface area contributed by atoms with Crippen molar-refractivity contribution in [2.24, 2.45) is 5.92 Å². The van der Waals surface area contributed by atoms with Gasteiger partial charge in [0.15, 0.2) is 0 Å². The summed E-state index contributed by atoms with van der Waals surface area (Å²) in [4.78, 5) is 37.3. The van der Waals surface area contributed by atoms with Crippen LogP contribution in [0.3, 0.4) is 0 Å². The molecule has 7 nitrogen and oxygen atoms in total. The van der Waals surface area contributed by atoms with Crippen LogP contribution in [0.5, 0.6) is 0 Å². The van der Waals surface area contributed by atoms with Crippen molar-refractivity contribution in [2.75, 3.05) is 25.5 Å². The molecule has 1 atom stereocenters. The molecule has 4 amide bonds. The topological polar surface area (TPSA) is 90.5 Å². The summed E-state index contributed by atoms with van der Waals surface area (Å²) in [6.45, 7) is 6.01. The van der Waals surface area contributed by atoms with Crippen LogP contribution in [0.1, 0.15) is 20.8 Å². The van der Waals surface area contributed by atoms with Crippen molar-refractivity contribution in [3.8, 4) is 0 Å². The number of urea groups is 1. The first-order chi connectivity index (χ1) is 11.7. The minimum Gasteiger partial charge on any atom is -0.338 e. The van der Waals surface area contributed by atoms with Crippen LogP contribution < -0.4 is 16.0 Å². The molecule has 0 radical (unpaired) electrons. The Labute approximate surface area is 153 Å². The molecule has 0 saturated heterocycles. The molecule has 1 aromatic rings. The zero-order valence-corrected chi connectivity index (χ0v) is 15.7. The second-order valence-corrected chi connectivity index (χ2v) is 6.68. The van der Waals surface area contributed by atoms with E-state index in [1.54, 1.807) is 43.1 Å². The van der Waals surface area contributed by atoms with Gasteiger partial charge in [-0.1, -0.05) is 31.5 Å². The maximum absolute atomic E-state index is 12.1. The minimum atomic E-state index is -0.644. The van der Waals surface area contributed by atoms with Crippen LogP contribution in [0.25, 0.3) is 0 Å². The molecule has 8 heteroatoms. The van der Waals surface area contributed by atoms with Crippen molar-refractivity contribution in [3.05, 3.63) is 29.3 Å². The van der Waals surface area contributed by atoms with Gasteiger partial charge in [-0.3, -0.25) is 19.8 Å². The average Bonchev–Trinajstić information content (AvgIpc) is 2.51. The summed E-state index contributed by atoms with van der Waals surface area (Å²) in [7, 11) is 1.63. The molecule has 0 spiro atoms. The molecule has 138 valence electrons. The fourth-order valence-electron chi connectivity index (χ4n) is 1.89. The van der Waals surface area contributed by atoms with Gasteiger partial charge in [0.05, 0.1) is 12.6 Å². The molecule has 0 aliphatic carbocycles. The van der Waals surface area contributed by atoms with Crippen LogP contribution in [0.15, 0.2) is 24.3 Å². The highest BCUT2D eigenvalue weighted by molar-refractivity contribution is 6.30. The Morgan fingerprint density at radius 3 is 2.48 bits per heavy atom. The highest BCUT2D eigenvalue weighted by Crippen LogP contribution is 2.14. The highest BCUT2D eigenvalue weighted by Gasteiger charge is 2.21. The summed E-state index contributed by atoms with van der Waals surface area (Å²) in [5, 5.41) is 8.10. The smallest absolute Gasteiger partial charge is 0.321 e. The number of imide groups is 1. The van der Waals surface area contributed by atoms with E-state index >= 15 is 0 Å². The molecule has 0 saturated carbocycles. The van der Waals surface area contributed by atoms with Gasteiger partial charge in [0, 0.05) is 17.3 Å². The van der Waals surface area contributed by atoms with Gasteiger partial charge in [-0.2, -0.15) is 0 Å². The van der Waals surface area contributed by atoms with E-state index in [2.05, 4.69) is 16.0 Å².